The molecule has 1 fully saturated rings. The molecule has 2 aromatic heterocycles. The standard InChI is InChI=1S/C19H15F2N5O2/c1-10-16(18(22)26(24-10)14-7-2-3-8-23-14)11-9-15(27)25(19(11)28)17-12(20)5-4-6-13(17)21/h2-8,11H,9,22H2,1H3. The number of rotatable bonds is 3. The fraction of sp³-hybridized carbons (Fsp3) is 0.158. The summed E-state index contributed by atoms with van der Waals surface area (Å²) in [5.74, 6) is -3.81. The van der Waals surface area contributed by atoms with Crippen LogP contribution in [0.3, 0.4) is 0 Å². The van der Waals surface area contributed by atoms with Crippen molar-refractivity contribution in [3.05, 3.63) is 65.5 Å². The molecule has 1 aliphatic heterocycles. The molecular weight excluding hydrogens is 368 g/mol. The molecule has 1 atom stereocenters. The summed E-state index contributed by atoms with van der Waals surface area (Å²) in [5, 5.41) is 4.32. The summed E-state index contributed by atoms with van der Waals surface area (Å²) in [7, 11) is 0. The third-order valence-corrected chi connectivity index (χ3v) is 4.67. The van der Waals surface area contributed by atoms with Crippen LogP contribution in [-0.2, 0) is 9.59 Å². The Morgan fingerprint density at radius 2 is 1.82 bits per heavy atom. The zero-order valence-corrected chi connectivity index (χ0v) is 14.8. The Hall–Kier alpha value is -3.62. The van der Waals surface area contributed by atoms with Gasteiger partial charge in [0.1, 0.15) is 23.1 Å². The molecular formula is C19H15F2N5O2. The van der Waals surface area contributed by atoms with E-state index in [1.54, 1.807) is 31.3 Å². The van der Waals surface area contributed by atoms with Crippen molar-refractivity contribution in [1.29, 1.82) is 0 Å². The van der Waals surface area contributed by atoms with Crippen LogP contribution in [0.15, 0.2) is 42.6 Å². The predicted octanol–water partition coefficient (Wildman–Crippen LogP) is 2.48. The molecule has 0 spiro atoms. The fourth-order valence-corrected chi connectivity index (χ4v) is 3.44. The van der Waals surface area contributed by atoms with Crippen molar-refractivity contribution in [3.63, 3.8) is 0 Å². The van der Waals surface area contributed by atoms with Gasteiger partial charge in [0.05, 0.1) is 11.6 Å². The molecule has 4 rings (SSSR count). The number of imide groups is 1. The average molecular weight is 383 g/mol. The van der Waals surface area contributed by atoms with Gasteiger partial charge in [0, 0.05) is 18.2 Å². The number of benzene rings is 1. The number of hydrogen-bond acceptors (Lipinski definition) is 5. The van der Waals surface area contributed by atoms with E-state index in [0.717, 1.165) is 18.2 Å². The maximum absolute atomic E-state index is 14.1. The van der Waals surface area contributed by atoms with Crippen LogP contribution in [0.2, 0.25) is 0 Å². The Labute approximate surface area is 158 Å². The maximum atomic E-state index is 14.1. The molecule has 0 saturated carbocycles. The monoisotopic (exact) mass is 383 g/mol. The minimum Gasteiger partial charge on any atom is -0.383 e. The van der Waals surface area contributed by atoms with Crippen LogP contribution in [-0.4, -0.2) is 26.6 Å². The van der Waals surface area contributed by atoms with E-state index >= 15 is 0 Å². The van der Waals surface area contributed by atoms with E-state index in [2.05, 4.69) is 10.1 Å². The summed E-state index contributed by atoms with van der Waals surface area (Å²) in [6.07, 6.45) is 1.31. The van der Waals surface area contributed by atoms with Crippen molar-refractivity contribution in [1.82, 2.24) is 14.8 Å². The van der Waals surface area contributed by atoms with Gasteiger partial charge in [-0.15, -0.1) is 0 Å². The van der Waals surface area contributed by atoms with Crippen molar-refractivity contribution < 1.29 is 18.4 Å². The predicted molar refractivity (Wildman–Crippen MR) is 96.7 cm³/mol. The highest BCUT2D eigenvalue weighted by Gasteiger charge is 2.45. The number of halogens is 2. The van der Waals surface area contributed by atoms with Gasteiger partial charge in [0.25, 0.3) is 0 Å². The highest BCUT2D eigenvalue weighted by Crippen LogP contribution is 2.39. The van der Waals surface area contributed by atoms with Crippen molar-refractivity contribution in [2.45, 2.75) is 19.3 Å². The van der Waals surface area contributed by atoms with E-state index < -0.39 is 35.1 Å². The number of hydrogen-bond donors (Lipinski definition) is 1. The normalized spacial score (nSPS) is 16.8. The Morgan fingerprint density at radius 1 is 1.11 bits per heavy atom. The summed E-state index contributed by atoms with van der Waals surface area (Å²) >= 11 is 0. The molecule has 3 heterocycles. The number of anilines is 2. The van der Waals surface area contributed by atoms with Crippen LogP contribution in [0.4, 0.5) is 20.3 Å². The highest BCUT2D eigenvalue weighted by atomic mass is 19.1. The minimum atomic E-state index is -0.990. The second kappa shape index (κ2) is 6.52. The molecule has 0 bridgehead atoms. The second-order valence-electron chi connectivity index (χ2n) is 6.38. The third kappa shape index (κ3) is 2.63. The number of pyridine rings is 1. The lowest BCUT2D eigenvalue weighted by Crippen LogP contribution is -2.32. The number of carbonyl (C=O) groups is 2. The van der Waals surface area contributed by atoms with Gasteiger partial charge in [-0.25, -0.2) is 18.7 Å². The van der Waals surface area contributed by atoms with Crippen LogP contribution in [0, 0.1) is 18.6 Å². The van der Waals surface area contributed by atoms with E-state index in [-0.39, 0.29) is 12.2 Å². The van der Waals surface area contributed by atoms with Crippen LogP contribution >= 0.6 is 0 Å². The van der Waals surface area contributed by atoms with E-state index in [1.165, 1.54) is 4.68 Å². The molecule has 9 heteroatoms. The summed E-state index contributed by atoms with van der Waals surface area (Å²) < 4.78 is 29.6. The smallest absolute Gasteiger partial charge is 0.242 e. The number of nitrogen functional groups attached to an aromatic ring is 1. The molecule has 2 N–H and O–H groups in total. The molecule has 1 unspecified atom stereocenters. The minimum absolute atomic E-state index is 0.151. The Balaban J connectivity index is 1.77. The lowest BCUT2D eigenvalue weighted by Gasteiger charge is -2.16. The van der Waals surface area contributed by atoms with Gasteiger partial charge in [0.2, 0.25) is 11.8 Å². The van der Waals surface area contributed by atoms with Crippen molar-refractivity contribution >= 4 is 23.3 Å². The number of aryl methyl sites for hydroxylation is 1. The van der Waals surface area contributed by atoms with Gasteiger partial charge in [-0.05, 0) is 31.2 Å². The highest BCUT2D eigenvalue weighted by molar-refractivity contribution is 6.23. The van der Waals surface area contributed by atoms with Gasteiger partial charge < -0.3 is 5.73 Å². The summed E-state index contributed by atoms with van der Waals surface area (Å²) in [6, 6.07) is 8.32. The number of aromatic nitrogens is 3. The topological polar surface area (TPSA) is 94.1 Å². The number of nitrogens with zero attached hydrogens (tertiary/aromatic N) is 4. The number of para-hydroxylation sites is 1. The quantitative estimate of drug-likeness (QED) is 0.702. The van der Waals surface area contributed by atoms with Crippen molar-refractivity contribution in [3.8, 4) is 5.82 Å². The van der Waals surface area contributed by atoms with E-state index in [9.17, 15) is 18.4 Å². The van der Waals surface area contributed by atoms with Crippen LogP contribution < -0.4 is 10.6 Å². The number of amides is 2. The van der Waals surface area contributed by atoms with E-state index in [0.29, 0.717) is 22.0 Å². The van der Waals surface area contributed by atoms with Gasteiger partial charge >= 0.3 is 0 Å². The summed E-state index contributed by atoms with van der Waals surface area (Å²) in [5.41, 5.74) is 6.31. The zero-order valence-electron chi connectivity index (χ0n) is 14.8. The number of carbonyl (C=O) groups excluding carboxylic acids is 2. The first-order valence-electron chi connectivity index (χ1n) is 8.47. The molecule has 1 aliphatic rings. The Kier molecular flexibility index (Phi) is 4.14. The SMILES string of the molecule is Cc1nn(-c2ccccn2)c(N)c1C1CC(=O)N(c2c(F)cccc2F)C1=O. The van der Waals surface area contributed by atoms with Crippen molar-refractivity contribution in [2.75, 3.05) is 10.6 Å². The Morgan fingerprint density at radius 3 is 2.46 bits per heavy atom. The first-order valence-corrected chi connectivity index (χ1v) is 8.47. The van der Waals surface area contributed by atoms with Crippen molar-refractivity contribution in [2.24, 2.45) is 0 Å². The summed E-state index contributed by atoms with van der Waals surface area (Å²) in [4.78, 5) is 30.1. The maximum Gasteiger partial charge on any atom is 0.242 e. The van der Waals surface area contributed by atoms with Crippen LogP contribution in [0.25, 0.3) is 5.82 Å². The molecule has 28 heavy (non-hydrogen) atoms. The lowest BCUT2D eigenvalue weighted by atomic mass is 9.97. The first-order chi connectivity index (χ1) is 13.4. The number of nitrogens with two attached hydrogens (primary N) is 1. The van der Waals surface area contributed by atoms with Gasteiger partial charge in [-0.3, -0.25) is 9.59 Å². The van der Waals surface area contributed by atoms with Crippen LogP contribution in [0.1, 0.15) is 23.6 Å². The molecule has 1 saturated heterocycles. The molecule has 0 radical (unpaired) electrons. The van der Waals surface area contributed by atoms with Gasteiger partial charge in [-0.1, -0.05) is 12.1 Å². The molecule has 3 aromatic rings. The third-order valence-electron chi connectivity index (χ3n) is 4.67. The Bertz CT molecular complexity index is 1080. The van der Waals surface area contributed by atoms with E-state index in [1.807, 2.05) is 0 Å². The second-order valence-corrected chi connectivity index (χ2v) is 6.38. The first kappa shape index (κ1) is 17.8. The average Bonchev–Trinajstić information content (AvgIpc) is 3.12. The molecule has 1 aromatic carbocycles. The van der Waals surface area contributed by atoms with E-state index in [4.69, 9.17) is 5.73 Å². The lowest BCUT2D eigenvalue weighted by molar-refractivity contribution is -0.121. The van der Waals surface area contributed by atoms with Gasteiger partial charge in [-0.2, -0.15) is 9.78 Å². The molecule has 0 aliphatic carbocycles. The largest absolute Gasteiger partial charge is 0.383 e. The summed E-state index contributed by atoms with van der Waals surface area (Å²) in [6.45, 7) is 1.65. The molecule has 7 nitrogen and oxygen atoms in total. The van der Waals surface area contributed by atoms with Gasteiger partial charge in [0.15, 0.2) is 5.82 Å². The molecule has 2 amide bonds. The molecule has 142 valence electrons. The fourth-order valence-electron chi connectivity index (χ4n) is 3.44. The zero-order chi connectivity index (χ0) is 20.0. The van der Waals surface area contributed by atoms with Crippen LogP contribution in [0.5, 0.6) is 0 Å².